The second-order valence-electron chi connectivity index (χ2n) is 2.88. The van der Waals surface area contributed by atoms with E-state index in [1.54, 1.807) is 14.0 Å². The molecule has 0 aliphatic carbocycles. The van der Waals surface area contributed by atoms with Gasteiger partial charge in [0.2, 0.25) is 0 Å². The van der Waals surface area contributed by atoms with Gasteiger partial charge in [0.05, 0.1) is 19.2 Å². The van der Waals surface area contributed by atoms with Crippen LogP contribution < -0.4 is 0 Å². The minimum atomic E-state index is 0.119. The fourth-order valence-corrected chi connectivity index (χ4v) is 1.01. The number of rotatable bonds is 7. The third kappa shape index (κ3) is 7.44. The van der Waals surface area contributed by atoms with E-state index in [1.165, 1.54) is 0 Å². The van der Waals surface area contributed by atoms with Gasteiger partial charge in [-0.3, -0.25) is 9.69 Å². The molecule has 0 atom stereocenters. The fraction of sp³-hybridized carbons (Fsp3) is 0.778. The van der Waals surface area contributed by atoms with Gasteiger partial charge in [-0.15, -0.1) is 0 Å². The average molecular weight is 184 g/mol. The molecular weight excluding hydrogens is 168 g/mol. The topological polar surface area (TPSA) is 53.3 Å². The monoisotopic (exact) mass is 184 g/mol. The van der Waals surface area contributed by atoms with Crippen LogP contribution in [0, 0.1) is 11.3 Å². The smallest absolute Gasteiger partial charge is 0.143 e. The first-order valence-electron chi connectivity index (χ1n) is 4.28. The molecular formula is C9H16N2O2. The minimum absolute atomic E-state index is 0.119. The zero-order valence-electron chi connectivity index (χ0n) is 8.25. The molecule has 0 saturated carbocycles. The quantitative estimate of drug-likeness (QED) is 0.576. The van der Waals surface area contributed by atoms with Crippen LogP contribution in [0.15, 0.2) is 0 Å². The van der Waals surface area contributed by atoms with Gasteiger partial charge >= 0.3 is 0 Å². The lowest BCUT2D eigenvalue weighted by Crippen LogP contribution is -2.32. The highest BCUT2D eigenvalue weighted by atomic mass is 16.5. The van der Waals surface area contributed by atoms with Crippen molar-refractivity contribution in [2.75, 3.05) is 33.4 Å². The Hall–Kier alpha value is -0.920. The molecule has 4 heteroatoms. The van der Waals surface area contributed by atoms with Gasteiger partial charge in [-0.1, -0.05) is 0 Å². The maximum atomic E-state index is 10.8. The third-order valence-electron chi connectivity index (χ3n) is 1.60. The lowest BCUT2D eigenvalue weighted by atomic mass is 10.3. The lowest BCUT2D eigenvalue weighted by Gasteiger charge is -2.18. The Morgan fingerprint density at radius 2 is 2.23 bits per heavy atom. The zero-order chi connectivity index (χ0) is 10.1. The predicted molar refractivity (Wildman–Crippen MR) is 49.2 cm³/mol. The summed E-state index contributed by atoms with van der Waals surface area (Å²) in [6.45, 7) is 3.90. The van der Waals surface area contributed by atoms with Crippen molar-refractivity contribution >= 4 is 5.78 Å². The molecule has 0 saturated heterocycles. The van der Waals surface area contributed by atoms with Crippen LogP contribution in [0.1, 0.15) is 13.3 Å². The molecule has 0 aromatic rings. The number of carbonyl (C=O) groups excluding carboxylic acids is 1. The number of ether oxygens (including phenoxy) is 1. The predicted octanol–water partition coefficient (Wildman–Crippen LogP) is 0.437. The summed E-state index contributed by atoms with van der Waals surface area (Å²) in [6, 6.07) is 2.05. The van der Waals surface area contributed by atoms with Gasteiger partial charge in [0.25, 0.3) is 0 Å². The number of nitrogens with zero attached hydrogens (tertiary/aromatic N) is 2. The van der Waals surface area contributed by atoms with E-state index in [-0.39, 0.29) is 5.78 Å². The van der Waals surface area contributed by atoms with Crippen molar-refractivity contribution in [2.24, 2.45) is 0 Å². The molecule has 0 amide bonds. The Morgan fingerprint density at radius 3 is 2.69 bits per heavy atom. The summed E-state index contributed by atoms with van der Waals surface area (Å²) < 4.78 is 4.90. The highest BCUT2D eigenvalue weighted by Gasteiger charge is 2.06. The van der Waals surface area contributed by atoms with E-state index in [0.29, 0.717) is 32.7 Å². The van der Waals surface area contributed by atoms with Crippen LogP contribution in [0.4, 0.5) is 0 Å². The number of nitriles is 1. The van der Waals surface area contributed by atoms with Crippen molar-refractivity contribution in [3.05, 3.63) is 0 Å². The molecule has 0 rings (SSSR count). The van der Waals surface area contributed by atoms with Crippen LogP contribution in [0.3, 0.4) is 0 Å². The number of methoxy groups -OCH3 is 1. The Labute approximate surface area is 79.1 Å². The molecule has 0 unspecified atom stereocenters. The summed E-state index contributed by atoms with van der Waals surface area (Å²) in [6.07, 6.45) is 0.455. The van der Waals surface area contributed by atoms with Gasteiger partial charge < -0.3 is 4.74 Å². The van der Waals surface area contributed by atoms with Gasteiger partial charge in [-0.25, -0.2) is 0 Å². The van der Waals surface area contributed by atoms with Gasteiger partial charge in [-0.05, 0) is 6.92 Å². The fourth-order valence-electron chi connectivity index (χ4n) is 1.01. The Bertz CT molecular complexity index is 187. The molecule has 0 aliphatic heterocycles. The third-order valence-corrected chi connectivity index (χ3v) is 1.60. The number of carbonyl (C=O) groups is 1. The molecule has 74 valence electrons. The van der Waals surface area contributed by atoms with Crippen LogP contribution in [0.25, 0.3) is 0 Å². The average Bonchev–Trinajstić information content (AvgIpc) is 2.09. The van der Waals surface area contributed by atoms with Gasteiger partial charge in [0, 0.05) is 26.6 Å². The van der Waals surface area contributed by atoms with E-state index in [4.69, 9.17) is 10.00 Å². The Balaban J connectivity index is 3.74. The molecule has 0 heterocycles. The molecule has 13 heavy (non-hydrogen) atoms. The highest BCUT2D eigenvalue weighted by Crippen LogP contribution is 1.91. The van der Waals surface area contributed by atoms with Crippen LogP contribution in [0.5, 0.6) is 0 Å². The van der Waals surface area contributed by atoms with Crippen molar-refractivity contribution in [3.63, 3.8) is 0 Å². The summed E-state index contributed by atoms with van der Waals surface area (Å²) in [5.41, 5.74) is 0. The number of hydrogen-bond acceptors (Lipinski definition) is 4. The van der Waals surface area contributed by atoms with E-state index in [1.807, 2.05) is 4.90 Å². The van der Waals surface area contributed by atoms with Crippen molar-refractivity contribution < 1.29 is 9.53 Å². The number of hydrogen-bond donors (Lipinski definition) is 0. The van der Waals surface area contributed by atoms with Crippen molar-refractivity contribution in [2.45, 2.75) is 13.3 Å². The molecule has 0 spiro atoms. The normalized spacial score (nSPS) is 10.0. The first-order chi connectivity index (χ1) is 6.20. The highest BCUT2D eigenvalue weighted by molar-refractivity contribution is 5.77. The van der Waals surface area contributed by atoms with Crippen LogP contribution in [-0.2, 0) is 9.53 Å². The second-order valence-corrected chi connectivity index (χ2v) is 2.88. The van der Waals surface area contributed by atoms with Gasteiger partial charge in [0.15, 0.2) is 0 Å². The van der Waals surface area contributed by atoms with E-state index in [9.17, 15) is 4.79 Å². The summed E-state index contributed by atoms with van der Waals surface area (Å²) in [5.74, 6) is 0.119. The SMILES string of the molecule is COCCN(CCC#N)CC(C)=O. The molecule has 0 aliphatic rings. The Morgan fingerprint density at radius 1 is 1.54 bits per heavy atom. The van der Waals surface area contributed by atoms with Crippen molar-refractivity contribution in [1.29, 1.82) is 5.26 Å². The van der Waals surface area contributed by atoms with E-state index in [0.717, 1.165) is 0 Å². The van der Waals surface area contributed by atoms with Crippen LogP contribution in [0.2, 0.25) is 0 Å². The first-order valence-corrected chi connectivity index (χ1v) is 4.28. The molecule has 4 nitrogen and oxygen atoms in total. The second kappa shape index (κ2) is 7.71. The molecule has 0 aromatic carbocycles. The standard InChI is InChI=1S/C9H16N2O2/c1-9(12)8-11(5-3-4-10)6-7-13-2/h3,5-8H2,1-2H3. The summed E-state index contributed by atoms with van der Waals surface area (Å²) >= 11 is 0. The van der Waals surface area contributed by atoms with Crippen LogP contribution >= 0.6 is 0 Å². The zero-order valence-corrected chi connectivity index (χ0v) is 8.25. The molecule has 0 aromatic heterocycles. The molecule has 0 bridgehead atoms. The maximum absolute atomic E-state index is 10.8. The maximum Gasteiger partial charge on any atom is 0.143 e. The van der Waals surface area contributed by atoms with Crippen LogP contribution in [-0.4, -0.2) is 44.0 Å². The Kier molecular flexibility index (Phi) is 7.17. The summed E-state index contributed by atoms with van der Waals surface area (Å²) in [4.78, 5) is 12.7. The van der Waals surface area contributed by atoms with Gasteiger partial charge in [0.1, 0.15) is 5.78 Å². The van der Waals surface area contributed by atoms with E-state index in [2.05, 4.69) is 6.07 Å². The molecule has 0 radical (unpaired) electrons. The van der Waals surface area contributed by atoms with Crippen molar-refractivity contribution in [3.8, 4) is 6.07 Å². The first kappa shape index (κ1) is 12.1. The lowest BCUT2D eigenvalue weighted by molar-refractivity contribution is -0.118. The molecule has 0 N–H and O–H groups in total. The molecule has 0 fully saturated rings. The van der Waals surface area contributed by atoms with E-state index < -0.39 is 0 Å². The van der Waals surface area contributed by atoms with Gasteiger partial charge in [-0.2, -0.15) is 5.26 Å². The van der Waals surface area contributed by atoms with E-state index >= 15 is 0 Å². The summed E-state index contributed by atoms with van der Waals surface area (Å²) in [5, 5.41) is 8.38. The number of Topliss-reactive ketones (excluding diaryl/α,β-unsaturated/α-hetero) is 1. The minimum Gasteiger partial charge on any atom is -0.383 e. The largest absolute Gasteiger partial charge is 0.383 e. The summed E-state index contributed by atoms with van der Waals surface area (Å²) in [7, 11) is 1.62. The number of ketones is 1. The van der Waals surface area contributed by atoms with Crippen molar-refractivity contribution in [1.82, 2.24) is 4.90 Å².